The number of esters is 1. The minimum atomic E-state index is -0.657. The van der Waals surface area contributed by atoms with E-state index in [9.17, 15) is 14.4 Å². The predicted octanol–water partition coefficient (Wildman–Crippen LogP) is 2.42. The molecule has 1 saturated heterocycles. The van der Waals surface area contributed by atoms with Gasteiger partial charge in [0, 0.05) is 38.4 Å². The lowest BCUT2D eigenvalue weighted by molar-refractivity contribution is -0.136. The van der Waals surface area contributed by atoms with Crippen molar-refractivity contribution in [1.29, 1.82) is 0 Å². The van der Waals surface area contributed by atoms with E-state index < -0.39 is 23.6 Å². The standard InChI is InChI=1S/C24H34N4O6/c1-6-33-17-9-7-16(8-10-17)20-19(21(29)32-5)18(25-22(30)26-20)15-27-11-13-28(14-12-27)23(31)34-24(2,3)4/h7-10,20H,6,11-15H2,1-5H3,(H2,25,26,30). The van der Waals surface area contributed by atoms with Crippen LogP contribution in [0.2, 0.25) is 0 Å². The highest BCUT2D eigenvalue weighted by Crippen LogP contribution is 2.29. The van der Waals surface area contributed by atoms with Gasteiger partial charge >= 0.3 is 18.1 Å². The molecule has 186 valence electrons. The van der Waals surface area contributed by atoms with E-state index in [-0.39, 0.29) is 6.09 Å². The van der Waals surface area contributed by atoms with Gasteiger partial charge in [0.15, 0.2) is 0 Å². The quantitative estimate of drug-likeness (QED) is 0.610. The predicted molar refractivity (Wildman–Crippen MR) is 125 cm³/mol. The van der Waals surface area contributed by atoms with Gasteiger partial charge in [0.05, 0.1) is 25.3 Å². The molecule has 0 radical (unpaired) electrons. The molecular weight excluding hydrogens is 440 g/mol. The molecule has 3 rings (SSSR count). The summed E-state index contributed by atoms with van der Waals surface area (Å²) in [6, 6.07) is 6.20. The molecule has 0 saturated carbocycles. The highest BCUT2D eigenvalue weighted by atomic mass is 16.6. The number of rotatable bonds is 6. The van der Waals surface area contributed by atoms with Crippen LogP contribution in [-0.2, 0) is 14.3 Å². The Bertz CT molecular complexity index is 930. The summed E-state index contributed by atoms with van der Waals surface area (Å²) in [6.45, 7) is 10.4. The molecule has 10 nitrogen and oxygen atoms in total. The molecule has 1 aromatic carbocycles. The second-order valence-electron chi connectivity index (χ2n) is 9.16. The van der Waals surface area contributed by atoms with Gasteiger partial charge in [-0.05, 0) is 45.4 Å². The van der Waals surface area contributed by atoms with Crippen molar-refractivity contribution in [2.75, 3.05) is 46.4 Å². The number of nitrogens with zero attached hydrogens (tertiary/aromatic N) is 2. The summed E-state index contributed by atoms with van der Waals surface area (Å²) in [7, 11) is 1.32. The van der Waals surface area contributed by atoms with E-state index >= 15 is 0 Å². The monoisotopic (exact) mass is 474 g/mol. The van der Waals surface area contributed by atoms with Crippen LogP contribution < -0.4 is 15.4 Å². The molecule has 2 aliphatic rings. The molecule has 1 aromatic rings. The molecule has 0 aliphatic carbocycles. The van der Waals surface area contributed by atoms with Crippen LogP contribution in [0.3, 0.4) is 0 Å². The third-order valence-corrected chi connectivity index (χ3v) is 5.49. The number of ether oxygens (including phenoxy) is 3. The molecule has 2 heterocycles. The molecular formula is C24H34N4O6. The zero-order valence-corrected chi connectivity index (χ0v) is 20.5. The summed E-state index contributed by atoms with van der Waals surface area (Å²) in [6.07, 6.45) is -0.340. The Hall–Kier alpha value is -3.27. The number of hydrogen-bond donors (Lipinski definition) is 2. The largest absolute Gasteiger partial charge is 0.494 e. The van der Waals surface area contributed by atoms with E-state index in [1.165, 1.54) is 7.11 Å². The zero-order valence-electron chi connectivity index (χ0n) is 20.5. The molecule has 10 heteroatoms. The Balaban J connectivity index is 1.77. The lowest BCUT2D eigenvalue weighted by Crippen LogP contribution is -2.53. The Morgan fingerprint density at radius 3 is 2.29 bits per heavy atom. The maximum Gasteiger partial charge on any atom is 0.410 e. The van der Waals surface area contributed by atoms with Gasteiger partial charge in [0.2, 0.25) is 0 Å². The summed E-state index contributed by atoms with van der Waals surface area (Å²) >= 11 is 0. The normalized spacial score (nSPS) is 19.3. The minimum Gasteiger partial charge on any atom is -0.494 e. The highest BCUT2D eigenvalue weighted by molar-refractivity contribution is 5.95. The number of piperazine rings is 1. The van der Waals surface area contributed by atoms with Gasteiger partial charge in [-0.2, -0.15) is 0 Å². The molecule has 1 unspecified atom stereocenters. The molecule has 0 bridgehead atoms. The number of carbonyl (C=O) groups excluding carboxylic acids is 3. The fraction of sp³-hybridized carbons (Fsp3) is 0.542. The van der Waals surface area contributed by atoms with E-state index in [1.807, 2.05) is 39.8 Å². The van der Waals surface area contributed by atoms with Gasteiger partial charge in [-0.25, -0.2) is 14.4 Å². The van der Waals surface area contributed by atoms with Gasteiger partial charge in [-0.15, -0.1) is 0 Å². The van der Waals surface area contributed by atoms with E-state index in [1.54, 1.807) is 17.0 Å². The summed E-state index contributed by atoms with van der Waals surface area (Å²) in [4.78, 5) is 41.3. The summed E-state index contributed by atoms with van der Waals surface area (Å²) in [5.41, 5.74) is 1.02. The van der Waals surface area contributed by atoms with Crippen LogP contribution >= 0.6 is 0 Å². The number of amides is 3. The molecule has 0 spiro atoms. The van der Waals surface area contributed by atoms with Crippen LogP contribution in [0.25, 0.3) is 0 Å². The number of urea groups is 1. The van der Waals surface area contributed by atoms with Crippen LogP contribution in [0.4, 0.5) is 9.59 Å². The molecule has 34 heavy (non-hydrogen) atoms. The number of hydrogen-bond acceptors (Lipinski definition) is 7. The molecule has 1 atom stereocenters. The van der Waals surface area contributed by atoms with Gasteiger partial charge in [0.25, 0.3) is 0 Å². The fourth-order valence-corrected chi connectivity index (χ4v) is 3.91. The lowest BCUT2D eigenvalue weighted by Gasteiger charge is -2.37. The number of carbonyl (C=O) groups is 3. The average Bonchev–Trinajstić information content (AvgIpc) is 2.78. The number of nitrogens with one attached hydrogen (secondary N) is 2. The lowest BCUT2D eigenvalue weighted by atomic mass is 9.95. The van der Waals surface area contributed by atoms with E-state index in [2.05, 4.69) is 15.5 Å². The van der Waals surface area contributed by atoms with Gasteiger partial charge in [-0.1, -0.05) is 12.1 Å². The Kier molecular flexibility index (Phi) is 8.03. The van der Waals surface area contributed by atoms with Crippen molar-refractivity contribution in [3.8, 4) is 5.75 Å². The second kappa shape index (κ2) is 10.8. The van der Waals surface area contributed by atoms with Crippen molar-refractivity contribution in [1.82, 2.24) is 20.4 Å². The first-order chi connectivity index (χ1) is 16.1. The van der Waals surface area contributed by atoms with Crippen LogP contribution in [0.15, 0.2) is 35.5 Å². The highest BCUT2D eigenvalue weighted by Gasteiger charge is 2.35. The maximum absolute atomic E-state index is 12.8. The first kappa shape index (κ1) is 25.4. The summed E-state index contributed by atoms with van der Waals surface area (Å²) < 4.78 is 16.0. The van der Waals surface area contributed by atoms with Crippen LogP contribution in [-0.4, -0.2) is 79.9 Å². The summed E-state index contributed by atoms with van der Waals surface area (Å²) in [5.74, 6) is 0.187. The minimum absolute atomic E-state index is 0.340. The van der Waals surface area contributed by atoms with Crippen LogP contribution in [0.1, 0.15) is 39.3 Å². The zero-order chi connectivity index (χ0) is 24.9. The average molecular weight is 475 g/mol. The number of benzene rings is 1. The Morgan fingerprint density at radius 2 is 1.74 bits per heavy atom. The molecule has 3 amide bonds. The van der Waals surface area contributed by atoms with Crippen molar-refractivity contribution in [3.05, 3.63) is 41.1 Å². The van der Waals surface area contributed by atoms with E-state index in [4.69, 9.17) is 14.2 Å². The first-order valence-corrected chi connectivity index (χ1v) is 11.4. The maximum atomic E-state index is 12.8. The smallest absolute Gasteiger partial charge is 0.410 e. The van der Waals surface area contributed by atoms with Crippen LogP contribution in [0.5, 0.6) is 5.75 Å². The summed E-state index contributed by atoms with van der Waals surface area (Å²) in [5, 5.41) is 5.61. The topological polar surface area (TPSA) is 109 Å². The third kappa shape index (κ3) is 6.40. The van der Waals surface area contributed by atoms with Crippen molar-refractivity contribution >= 4 is 18.1 Å². The third-order valence-electron chi connectivity index (χ3n) is 5.49. The van der Waals surface area contributed by atoms with Crippen molar-refractivity contribution in [3.63, 3.8) is 0 Å². The van der Waals surface area contributed by atoms with E-state index in [0.717, 1.165) is 5.56 Å². The van der Waals surface area contributed by atoms with Gasteiger partial charge < -0.3 is 29.7 Å². The van der Waals surface area contributed by atoms with Crippen molar-refractivity contribution in [2.24, 2.45) is 0 Å². The van der Waals surface area contributed by atoms with Gasteiger partial charge in [0.1, 0.15) is 11.4 Å². The van der Waals surface area contributed by atoms with Crippen molar-refractivity contribution < 1.29 is 28.6 Å². The SMILES string of the molecule is CCOc1ccc(C2NC(=O)NC(CN3CCN(C(=O)OC(C)(C)C)CC3)=C2C(=O)OC)cc1. The van der Waals surface area contributed by atoms with E-state index in [0.29, 0.717) is 56.4 Å². The molecule has 2 aliphatic heterocycles. The molecule has 1 fully saturated rings. The Morgan fingerprint density at radius 1 is 1.09 bits per heavy atom. The Labute approximate surface area is 200 Å². The second-order valence-corrected chi connectivity index (χ2v) is 9.16. The number of methoxy groups -OCH3 is 1. The molecule has 2 N–H and O–H groups in total. The first-order valence-electron chi connectivity index (χ1n) is 11.4. The van der Waals surface area contributed by atoms with Gasteiger partial charge in [-0.3, -0.25) is 4.90 Å². The van der Waals surface area contributed by atoms with Crippen LogP contribution in [0, 0.1) is 0 Å². The molecule has 0 aromatic heterocycles. The fourth-order valence-electron chi connectivity index (χ4n) is 3.91. The van der Waals surface area contributed by atoms with Crippen molar-refractivity contribution in [2.45, 2.75) is 39.3 Å².